The number of likely N-dealkylation sites (N-methyl/N-ethyl adjacent to an activating group) is 1. The van der Waals surface area contributed by atoms with Gasteiger partial charge in [-0.3, -0.25) is 9.36 Å². The highest BCUT2D eigenvalue weighted by molar-refractivity contribution is 6.31. The number of pyridine rings is 1. The van der Waals surface area contributed by atoms with Gasteiger partial charge in [0.1, 0.15) is 5.82 Å². The second-order valence-electron chi connectivity index (χ2n) is 11.1. The number of hydrogen-bond acceptors (Lipinski definition) is 4. The van der Waals surface area contributed by atoms with Gasteiger partial charge in [0.15, 0.2) is 17.2 Å². The van der Waals surface area contributed by atoms with Gasteiger partial charge in [-0.2, -0.15) is 13.2 Å². The van der Waals surface area contributed by atoms with E-state index in [1.54, 1.807) is 32.0 Å². The summed E-state index contributed by atoms with van der Waals surface area (Å²) >= 11 is 6.32. The van der Waals surface area contributed by atoms with Crippen LogP contribution < -0.4 is 10.3 Å². The largest absolute Gasteiger partial charge is 0.494 e. The Morgan fingerprint density at radius 3 is 2.23 bits per heavy atom. The second kappa shape index (κ2) is 12.3. The molecule has 0 saturated heterocycles. The monoisotopic (exact) mass is 622 g/mol. The lowest BCUT2D eigenvalue weighted by molar-refractivity contribution is -0.273. The molecule has 3 unspecified atom stereocenters. The standard InChI is InChI=1S/C32H32ClF5N2O3/c1-18-14-24(22-11-13-28(41)40(26(22)15-18)21-8-6-20(34)7-9-21)19(2)16-25(31(42,17-39(3)4)32(36,37)38)23-10-12-27(43-5)30(35)29(23)33/h6-15,19,25,42H,16-17H2,1-5H3. The van der Waals surface area contributed by atoms with Crippen molar-refractivity contribution in [1.29, 1.82) is 0 Å². The maximum absolute atomic E-state index is 15.1. The first kappa shape index (κ1) is 32.4. The lowest BCUT2D eigenvalue weighted by atomic mass is 9.74. The molecular formula is C32H32ClF5N2O3. The summed E-state index contributed by atoms with van der Waals surface area (Å²) < 4.78 is 79.3. The third kappa shape index (κ3) is 6.27. The van der Waals surface area contributed by atoms with E-state index in [4.69, 9.17) is 16.3 Å². The van der Waals surface area contributed by atoms with Gasteiger partial charge in [0.25, 0.3) is 5.56 Å². The van der Waals surface area contributed by atoms with Gasteiger partial charge in [-0.05, 0) is 92.5 Å². The second-order valence-corrected chi connectivity index (χ2v) is 11.5. The number of aromatic nitrogens is 1. The molecule has 1 aromatic heterocycles. The number of nitrogens with zero attached hydrogens (tertiary/aromatic N) is 2. The maximum atomic E-state index is 15.1. The van der Waals surface area contributed by atoms with E-state index in [-0.39, 0.29) is 23.3 Å². The average molecular weight is 623 g/mol. The molecule has 0 radical (unpaired) electrons. The van der Waals surface area contributed by atoms with Gasteiger partial charge >= 0.3 is 6.18 Å². The Hall–Kier alpha value is -3.47. The van der Waals surface area contributed by atoms with Crippen LogP contribution in [-0.4, -0.2) is 54.1 Å². The fourth-order valence-corrected chi connectivity index (χ4v) is 5.99. The minimum absolute atomic E-state index is 0.214. The number of ether oxygens (including phenoxy) is 1. The molecule has 0 amide bonds. The summed E-state index contributed by atoms with van der Waals surface area (Å²) in [6, 6.07) is 14.3. The summed E-state index contributed by atoms with van der Waals surface area (Å²) in [5.41, 5.74) is -1.68. The molecule has 0 spiro atoms. The molecule has 4 rings (SSSR count). The van der Waals surface area contributed by atoms with Crippen molar-refractivity contribution in [3.05, 3.63) is 104 Å². The van der Waals surface area contributed by atoms with Gasteiger partial charge in [0.2, 0.25) is 0 Å². The van der Waals surface area contributed by atoms with Gasteiger partial charge in [0, 0.05) is 29.6 Å². The highest BCUT2D eigenvalue weighted by atomic mass is 35.5. The van der Waals surface area contributed by atoms with Gasteiger partial charge in [0.05, 0.1) is 17.6 Å². The third-order valence-electron chi connectivity index (χ3n) is 7.69. The van der Waals surface area contributed by atoms with Crippen LogP contribution in [0.4, 0.5) is 22.0 Å². The fraction of sp³-hybridized carbons (Fsp3) is 0.344. The Morgan fingerprint density at radius 1 is 1.00 bits per heavy atom. The SMILES string of the molecule is COc1ccc(C(CC(C)c2cc(C)cc3c2ccc(=O)n3-c2ccc(F)cc2)C(O)(CN(C)C)C(F)(F)F)c(Cl)c1F. The molecule has 3 aromatic carbocycles. The molecule has 0 saturated carbocycles. The number of benzene rings is 3. The molecule has 43 heavy (non-hydrogen) atoms. The maximum Gasteiger partial charge on any atom is 0.419 e. The van der Waals surface area contributed by atoms with E-state index in [0.717, 1.165) is 5.56 Å². The number of aliphatic hydroxyl groups is 1. The molecule has 0 bridgehead atoms. The predicted molar refractivity (Wildman–Crippen MR) is 158 cm³/mol. The van der Waals surface area contributed by atoms with Crippen LogP contribution in [0.15, 0.2) is 65.5 Å². The van der Waals surface area contributed by atoms with Crippen LogP contribution in [0.1, 0.15) is 41.9 Å². The molecule has 0 aliphatic carbocycles. The van der Waals surface area contributed by atoms with Gasteiger partial charge in [-0.1, -0.05) is 30.7 Å². The number of hydrogen-bond donors (Lipinski definition) is 1. The Labute approximate surface area is 251 Å². The molecule has 0 aliphatic rings. The van der Waals surface area contributed by atoms with Crippen LogP contribution in [0, 0.1) is 18.6 Å². The number of halogens is 6. The van der Waals surface area contributed by atoms with Crippen LogP contribution in [0.3, 0.4) is 0 Å². The van der Waals surface area contributed by atoms with Crippen LogP contribution in [0.2, 0.25) is 5.02 Å². The summed E-state index contributed by atoms with van der Waals surface area (Å²) in [5.74, 6) is -4.09. The molecule has 11 heteroatoms. The molecular weight excluding hydrogens is 591 g/mol. The van der Waals surface area contributed by atoms with Crippen LogP contribution >= 0.6 is 11.6 Å². The van der Waals surface area contributed by atoms with Crippen LogP contribution in [0.5, 0.6) is 5.75 Å². The highest BCUT2D eigenvalue weighted by Gasteiger charge is 2.59. The topological polar surface area (TPSA) is 54.7 Å². The summed E-state index contributed by atoms with van der Waals surface area (Å²) in [4.78, 5) is 14.2. The molecule has 0 aliphatic heterocycles. The zero-order valence-electron chi connectivity index (χ0n) is 24.3. The normalized spacial score (nSPS) is 15.0. The van der Waals surface area contributed by atoms with E-state index in [1.165, 1.54) is 73.1 Å². The van der Waals surface area contributed by atoms with Crippen molar-refractivity contribution in [2.75, 3.05) is 27.7 Å². The lowest BCUT2D eigenvalue weighted by Crippen LogP contribution is -2.56. The number of rotatable bonds is 9. The predicted octanol–water partition coefficient (Wildman–Crippen LogP) is 7.37. The summed E-state index contributed by atoms with van der Waals surface area (Å²) in [6.07, 6.45) is -5.40. The summed E-state index contributed by atoms with van der Waals surface area (Å²) in [5, 5.41) is 11.4. The summed E-state index contributed by atoms with van der Waals surface area (Å²) in [6.45, 7) is 2.68. The van der Waals surface area contributed by atoms with Crippen molar-refractivity contribution in [2.45, 2.75) is 43.9 Å². The minimum atomic E-state index is -5.11. The Kier molecular flexibility index (Phi) is 9.25. The molecule has 3 atom stereocenters. The van der Waals surface area contributed by atoms with E-state index >= 15 is 4.39 Å². The van der Waals surface area contributed by atoms with Crippen molar-refractivity contribution in [1.82, 2.24) is 9.47 Å². The van der Waals surface area contributed by atoms with Crippen LogP contribution in [0.25, 0.3) is 16.6 Å². The first-order chi connectivity index (χ1) is 20.1. The van der Waals surface area contributed by atoms with E-state index < -0.39 is 46.8 Å². The van der Waals surface area contributed by atoms with E-state index in [0.29, 0.717) is 22.2 Å². The first-order valence-electron chi connectivity index (χ1n) is 13.5. The Bertz CT molecular complexity index is 1690. The average Bonchev–Trinajstić information content (AvgIpc) is 2.92. The van der Waals surface area contributed by atoms with Gasteiger partial charge < -0.3 is 14.7 Å². The van der Waals surface area contributed by atoms with Gasteiger partial charge in [-0.15, -0.1) is 0 Å². The van der Waals surface area contributed by atoms with E-state index in [2.05, 4.69) is 0 Å². The summed E-state index contributed by atoms with van der Waals surface area (Å²) in [7, 11) is 4.01. The minimum Gasteiger partial charge on any atom is -0.494 e. The zero-order chi connectivity index (χ0) is 31.9. The quantitative estimate of drug-likeness (QED) is 0.198. The van der Waals surface area contributed by atoms with E-state index in [1.807, 2.05) is 0 Å². The Balaban J connectivity index is 1.93. The van der Waals surface area contributed by atoms with Crippen molar-refractivity contribution in [3.8, 4) is 11.4 Å². The zero-order valence-corrected chi connectivity index (χ0v) is 25.0. The van der Waals surface area contributed by atoms with Crippen LogP contribution in [-0.2, 0) is 0 Å². The highest BCUT2D eigenvalue weighted by Crippen LogP contribution is 2.49. The van der Waals surface area contributed by atoms with Crippen molar-refractivity contribution >= 4 is 22.5 Å². The van der Waals surface area contributed by atoms with Crippen molar-refractivity contribution in [3.63, 3.8) is 0 Å². The first-order valence-corrected chi connectivity index (χ1v) is 13.8. The lowest BCUT2D eigenvalue weighted by Gasteiger charge is -2.41. The number of methoxy groups -OCH3 is 1. The number of aryl methyl sites for hydroxylation is 1. The molecule has 230 valence electrons. The molecule has 4 aromatic rings. The Morgan fingerprint density at radius 2 is 1.65 bits per heavy atom. The van der Waals surface area contributed by atoms with Crippen molar-refractivity contribution in [2.24, 2.45) is 0 Å². The molecule has 0 fully saturated rings. The van der Waals surface area contributed by atoms with Gasteiger partial charge in [-0.25, -0.2) is 8.78 Å². The van der Waals surface area contributed by atoms with Crippen molar-refractivity contribution < 1.29 is 31.8 Å². The van der Waals surface area contributed by atoms with E-state index in [9.17, 15) is 27.5 Å². The smallest absolute Gasteiger partial charge is 0.419 e. The third-order valence-corrected chi connectivity index (χ3v) is 8.07. The molecule has 1 N–H and O–H groups in total. The fourth-order valence-electron chi connectivity index (χ4n) is 5.70. The molecule has 5 nitrogen and oxygen atoms in total. The number of alkyl halides is 3. The number of fused-ring (bicyclic) bond motifs is 1. The molecule has 1 heterocycles.